The lowest BCUT2D eigenvalue weighted by Crippen LogP contribution is -2.44. The highest BCUT2D eigenvalue weighted by Crippen LogP contribution is 2.30. The number of anilines is 1. The molecule has 0 unspecified atom stereocenters. The van der Waals surface area contributed by atoms with Crippen molar-refractivity contribution in [1.29, 1.82) is 0 Å². The summed E-state index contributed by atoms with van der Waals surface area (Å²) < 4.78 is 0. The molecule has 1 aliphatic rings. The largest absolute Gasteiger partial charge is 0.352 e. The number of hydrogen-bond acceptors (Lipinski definition) is 4. The lowest BCUT2D eigenvalue weighted by molar-refractivity contribution is 0.584. The summed E-state index contributed by atoms with van der Waals surface area (Å²) in [5.74, 6) is 1.02. The van der Waals surface area contributed by atoms with Crippen LogP contribution >= 0.6 is 0 Å². The first-order valence-corrected chi connectivity index (χ1v) is 8.98. The van der Waals surface area contributed by atoms with Crippen molar-refractivity contribution in [3.8, 4) is 0 Å². The molecule has 1 aromatic heterocycles. The van der Waals surface area contributed by atoms with Crippen molar-refractivity contribution in [3.63, 3.8) is 0 Å². The molecule has 1 fully saturated rings. The first-order chi connectivity index (χ1) is 12.2. The van der Waals surface area contributed by atoms with Crippen molar-refractivity contribution in [2.24, 2.45) is 0 Å². The number of aryl methyl sites for hydroxylation is 2. The van der Waals surface area contributed by atoms with Crippen molar-refractivity contribution in [3.05, 3.63) is 64.8 Å². The number of nitrogens with zero attached hydrogens (tertiary/aromatic N) is 3. The highest BCUT2D eigenvalue weighted by Gasteiger charge is 2.18. The van der Waals surface area contributed by atoms with Crippen molar-refractivity contribution in [1.82, 2.24) is 15.5 Å². The molecule has 128 valence electrons. The molecule has 0 spiro atoms. The predicted molar refractivity (Wildman–Crippen MR) is 103 cm³/mol. The number of piperazine rings is 1. The van der Waals surface area contributed by atoms with Crippen LogP contribution in [0.25, 0.3) is 10.8 Å². The van der Waals surface area contributed by atoms with Crippen LogP contribution in [0.5, 0.6) is 0 Å². The third kappa shape index (κ3) is 3.22. The summed E-state index contributed by atoms with van der Waals surface area (Å²) >= 11 is 0. The Morgan fingerprint density at radius 3 is 2.32 bits per heavy atom. The van der Waals surface area contributed by atoms with Crippen LogP contribution in [0.1, 0.15) is 22.4 Å². The van der Waals surface area contributed by atoms with Gasteiger partial charge in [0.05, 0.1) is 5.69 Å². The summed E-state index contributed by atoms with van der Waals surface area (Å²) in [5, 5.41) is 15.1. The fraction of sp³-hybridized carbons (Fsp3) is 0.333. The van der Waals surface area contributed by atoms with Crippen LogP contribution in [0.2, 0.25) is 0 Å². The number of hydrogen-bond donors (Lipinski definition) is 1. The maximum Gasteiger partial charge on any atom is 0.159 e. The van der Waals surface area contributed by atoms with Gasteiger partial charge in [0.25, 0.3) is 0 Å². The lowest BCUT2D eigenvalue weighted by atomic mass is 9.99. The SMILES string of the molecule is Cc1cc2c(Cc3ccccc3)nnc(N3CCNCC3)c2cc1C. The summed E-state index contributed by atoms with van der Waals surface area (Å²) in [6.45, 7) is 8.31. The second kappa shape index (κ2) is 6.81. The van der Waals surface area contributed by atoms with E-state index in [0.717, 1.165) is 44.1 Å². The molecule has 1 N–H and O–H groups in total. The fourth-order valence-corrected chi connectivity index (χ4v) is 3.49. The van der Waals surface area contributed by atoms with Crippen molar-refractivity contribution in [2.75, 3.05) is 31.1 Å². The molecule has 0 bridgehead atoms. The van der Waals surface area contributed by atoms with Gasteiger partial charge in [0.2, 0.25) is 0 Å². The minimum absolute atomic E-state index is 0.814. The van der Waals surface area contributed by atoms with Gasteiger partial charge in [0.1, 0.15) is 0 Å². The topological polar surface area (TPSA) is 41.1 Å². The van der Waals surface area contributed by atoms with E-state index in [-0.39, 0.29) is 0 Å². The second-order valence-corrected chi connectivity index (χ2v) is 6.85. The van der Waals surface area contributed by atoms with Crippen molar-refractivity contribution >= 4 is 16.6 Å². The maximum absolute atomic E-state index is 4.65. The molecule has 0 radical (unpaired) electrons. The number of benzene rings is 2. The van der Waals surface area contributed by atoms with E-state index in [4.69, 9.17) is 0 Å². The Morgan fingerprint density at radius 2 is 1.60 bits per heavy atom. The average molecular weight is 332 g/mol. The third-order valence-corrected chi connectivity index (χ3v) is 5.08. The van der Waals surface area contributed by atoms with Crippen molar-refractivity contribution in [2.45, 2.75) is 20.3 Å². The Labute approximate surface area is 148 Å². The number of rotatable bonds is 3. The normalized spacial score (nSPS) is 14.9. The number of nitrogens with one attached hydrogen (secondary N) is 1. The van der Waals surface area contributed by atoms with E-state index in [1.54, 1.807) is 0 Å². The van der Waals surface area contributed by atoms with Crippen LogP contribution in [0.3, 0.4) is 0 Å². The van der Waals surface area contributed by atoms with Gasteiger partial charge in [-0.2, -0.15) is 5.10 Å². The molecule has 4 rings (SSSR count). The van der Waals surface area contributed by atoms with E-state index in [0.29, 0.717) is 0 Å². The molecule has 25 heavy (non-hydrogen) atoms. The Balaban J connectivity index is 1.83. The minimum Gasteiger partial charge on any atom is -0.352 e. The Bertz CT molecular complexity index is 883. The van der Waals surface area contributed by atoms with Crippen LogP contribution < -0.4 is 10.2 Å². The third-order valence-electron chi connectivity index (χ3n) is 5.08. The maximum atomic E-state index is 4.65. The first kappa shape index (κ1) is 16.0. The molecular weight excluding hydrogens is 308 g/mol. The van der Waals surface area contributed by atoms with Gasteiger partial charge >= 0.3 is 0 Å². The molecule has 2 aromatic carbocycles. The van der Waals surface area contributed by atoms with E-state index < -0.39 is 0 Å². The van der Waals surface area contributed by atoms with Crippen molar-refractivity contribution < 1.29 is 0 Å². The lowest BCUT2D eigenvalue weighted by Gasteiger charge is -2.29. The van der Waals surface area contributed by atoms with Gasteiger partial charge in [-0.3, -0.25) is 0 Å². The zero-order valence-electron chi connectivity index (χ0n) is 14.9. The van der Waals surface area contributed by atoms with Gasteiger partial charge in [-0.15, -0.1) is 5.10 Å². The molecule has 4 nitrogen and oxygen atoms in total. The zero-order valence-corrected chi connectivity index (χ0v) is 14.9. The molecule has 1 saturated heterocycles. The van der Waals surface area contributed by atoms with Crippen LogP contribution in [-0.2, 0) is 6.42 Å². The van der Waals surface area contributed by atoms with Gasteiger partial charge in [-0.05, 0) is 42.7 Å². The number of aromatic nitrogens is 2. The van der Waals surface area contributed by atoms with Crippen LogP contribution in [0.4, 0.5) is 5.82 Å². The standard InChI is InChI=1S/C21H24N4/c1-15-12-18-19(13-16(15)2)21(25-10-8-22-9-11-25)24-23-20(18)14-17-6-4-3-5-7-17/h3-7,12-13,22H,8-11,14H2,1-2H3. The van der Waals surface area contributed by atoms with E-state index in [1.807, 2.05) is 6.07 Å². The molecule has 0 aliphatic carbocycles. The van der Waals surface area contributed by atoms with Gasteiger partial charge in [0.15, 0.2) is 5.82 Å². The van der Waals surface area contributed by atoms with Gasteiger partial charge < -0.3 is 10.2 Å². The molecule has 0 atom stereocenters. The Kier molecular flexibility index (Phi) is 4.36. The monoisotopic (exact) mass is 332 g/mol. The fourth-order valence-electron chi connectivity index (χ4n) is 3.49. The molecule has 2 heterocycles. The molecule has 4 heteroatoms. The van der Waals surface area contributed by atoms with Crippen LogP contribution in [0.15, 0.2) is 42.5 Å². The molecule has 0 amide bonds. The van der Waals surface area contributed by atoms with E-state index in [1.165, 1.54) is 27.5 Å². The smallest absolute Gasteiger partial charge is 0.159 e. The summed E-state index contributed by atoms with van der Waals surface area (Å²) in [6.07, 6.45) is 0.814. The molecule has 0 saturated carbocycles. The highest BCUT2D eigenvalue weighted by molar-refractivity contribution is 5.94. The highest BCUT2D eigenvalue weighted by atomic mass is 15.3. The Morgan fingerprint density at radius 1 is 0.920 bits per heavy atom. The zero-order chi connectivity index (χ0) is 17.2. The molecule has 3 aromatic rings. The van der Waals surface area contributed by atoms with E-state index in [9.17, 15) is 0 Å². The van der Waals surface area contributed by atoms with Gasteiger partial charge in [0, 0.05) is 43.4 Å². The second-order valence-electron chi connectivity index (χ2n) is 6.85. The summed E-state index contributed by atoms with van der Waals surface area (Å²) in [7, 11) is 0. The Hall–Kier alpha value is -2.46. The van der Waals surface area contributed by atoms with Gasteiger partial charge in [-0.25, -0.2) is 0 Å². The first-order valence-electron chi connectivity index (χ1n) is 8.98. The van der Waals surface area contributed by atoms with Crippen LogP contribution in [0, 0.1) is 13.8 Å². The minimum atomic E-state index is 0.814. The van der Waals surface area contributed by atoms with Gasteiger partial charge in [-0.1, -0.05) is 30.3 Å². The summed E-state index contributed by atoms with van der Waals surface area (Å²) in [5.41, 5.74) is 4.94. The van der Waals surface area contributed by atoms with E-state index in [2.05, 4.69) is 70.7 Å². The predicted octanol–water partition coefficient (Wildman–Crippen LogP) is 3.25. The summed E-state index contributed by atoms with van der Waals surface area (Å²) in [6, 6.07) is 15.1. The van der Waals surface area contributed by atoms with E-state index >= 15 is 0 Å². The van der Waals surface area contributed by atoms with Crippen LogP contribution in [-0.4, -0.2) is 36.4 Å². The quantitative estimate of drug-likeness (QED) is 0.799. The average Bonchev–Trinajstić information content (AvgIpc) is 2.65. The molecular formula is C21H24N4. The summed E-state index contributed by atoms with van der Waals surface area (Å²) in [4.78, 5) is 2.35. The number of fused-ring (bicyclic) bond motifs is 1. The molecule has 1 aliphatic heterocycles.